The van der Waals surface area contributed by atoms with Crippen LogP contribution in [0.15, 0.2) is 36.8 Å². The first kappa shape index (κ1) is 15.5. The Morgan fingerprint density at radius 3 is 2.65 bits per heavy atom. The van der Waals surface area contributed by atoms with E-state index in [2.05, 4.69) is 20.5 Å². The quantitative estimate of drug-likeness (QED) is 0.784. The maximum Gasteiger partial charge on any atom is 0.276 e. The largest absolute Gasteiger partial charge is 0.288 e. The van der Waals surface area contributed by atoms with Gasteiger partial charge in [-0.05, 0) is 18.2 Å². The van der Waals surface area contributed by atoms with E-state index in [0.717, 1.165) is 5.56 Å². The standard InChI is InChI=1S/C14H12Cl2N6O/c1-21-12(5-6-18-21)13(23)19-14-17-8-22(20-14)7-9-10(15)3-2-4-11(9)16/h2-6,8H,7H2,1H3,(H,19,20,23). The Hall–Kier alpha value is -2.38. The number of hydrogen-bond donors (Lipinski definition) is 1. The summed E-state index contributed by atoms with van der Waals surface area (Å²) >= 11 is 12.3. The fourth-order valence-corrected chi connectivity index (χ4v) is 2.55. The number of anilines is 1. The summed E-state index contributed by atoms with van der Waals surface area (Å²) in [6.45, 7) is 0.354. The molecule has 7 nitrogen and oxygen atoms in total. The molecular formula is C14H12Cl2N6O. The first-order valence-corrected chi connectivity index (χ1v) is 7.42. The molecule has 0 saturated heterocycles. The molecule has 3 rings (SSSR count). The maximum atomic E-state index is 12.1. The highest BCUT2D eigenvalue weighted by atomic mass is 35.5. The summed E-state index contributed by atoms with van der Waals surface area (Å²) < 4.78 is 3.02. The number of benzene rings is 1. The Bertz CT molecular complexity index is 836. The molecule has 0 aliphatic rings. The number of hydrogen-bond acceptors (Lipinski definition) is 4. The lowest BCUT2D eigenvalue weighted by Crippen LogP contribution is -2.17. The number of amides is 1. The molecule has 0 fully saturated rings. The van der Waals surface area contributed by atoms with Gasteiger partial charge in [-0.1, -0.05) is 29.3 Å². The van der Waals surface area contributed by atoms with Gasteiger partial charge in [0.2, 0.25) is 5.95 Å². The lowest BCUT2D eigenvalue weighted by Gasteiger charge is -2.06. The average Bonchev–Trinajstić information content (AvgIpc) is 3.12. The van der Waals surface area contributed by atoms with Crippen molar-refractivity contribution in [1.82, 2.24) is 24.5 Å². The zero-order chi connectivity index (χ0) is 16.4. The Kier molecular flexibility index (Phi) is 4.31. The zero-order valence-electron chi connectivity index (χ0n) is 12.1. The molecule has 0 bridgehead atoms. The molecule has 9 heteroatoms. The smallest absolute Gasteiger partial charge is 0.276 e. The minimum absolute atomic E-state index is 0.194. The summed E-state index contributed by atoms with van der Waals surface area (Å²) in [7, 11) is 1.68. The first-order chi connectivity index (χ1) is 11.0. The third-order valence-electron chi connectivity index (χ3n) is 3.20. The average molecular weight is 351 g/mol. The van der Waals surface area contributed by atoms with Gasteiger partial charge in [-0.25, -0.2) is 9.67 Å². The summed E-state index contributed by atoms with van der Waals surface area (Å²) in [5.41, 5.74) is 1.15. The number of halogens is 2. The van der Waals surface area contributed by atoms with E-state index in [0.29, 0.717) is 22.3 Å². The summed E-state index contributed by atoms with van der Waals surface area (Å²) in [6.07, 6.45) is 3.04. The van der Waals surface area contributed by atoms with Gasteiger partial charge in [-0.3, -0.25) is 14.8 Å². The van der Waals surface area contributed by atoms with Crippen LogP contribution in [0, 0.1) is 0 Å². The van der Waals surface area contributed by atoms with Crippen molar-refractivity contribution >= 4 is 35.1 Å². The van der Waals surface area contributed by atoms with Crippen molar-refractivity contribution in [1.29, 1.82) is 0 Å². The van der Waals surface area contributed by atoms with Crippen LogP contribution in [-0.2, 0) is 13.6 Å². The number of aryl methyl sites for hydroxylation is 1. The fourth-order valence-electron chi connectivity index (χ4n) is 2.04. The molecule has 0 unspecified atom stereocenters. The molecule has 3 aromatic rings. The molecular weight excluding hydrogens is 339 g/mol. The van der Waals surface area contributed by atoms with Crippen molar-refractivity contribution in [3.8, 4) is 0 Å². The molecule has 0 aliphatic heterocycles. The third kappa shape index (κ3) is 3.35. The van der Waals surface area contributed by atoms with Crippen LogP contribution < -0.4 is 5.32 Å². The second kappa shape index (κ2) is 6.39. The van der Waals surface area contributed by atoms with Crippen molar-refractivity contribution in [3.63, 3.8) is 0 Å². The minimum Gasteiger partial charge on any atom is -0.288 e. The van der Waals surface area contributed by atoms with Crippen molar-refractivity contribution in [2.45, 2.75) is 6.54 Å². The van der Waals surface area contributed by atoms with E-state index in [9.17, 15) is 4.79 Å². The van der Waals surface area contributed by atoms with Gasteiger partial charge in [0.1, 0.15) is 12.0 Å². The number of nitrogens with one attached hydrogen (secondary N) is 1. The van der Waals surface area contributed by atoms with Gasteiger partial charge < -0.3 is 0 Å². The normalized spacial score (nSPS) is 10.7. The summed E-state index contributed by atoms with van der Waals surface area (Å²) in [4.78, 5) is 16.1. The number of carbonyl (C=O) groups excluding carboxylic acids is 1. The predicted molar refractivity (Wildman–Crippen MR) is 86.7 cm³/mol. The van der Waals surface area contributed by atoms with E-state index >= 15 is 0 Å². The van der Waals surface area contributed by atoms with Crippen molar-refractivity contribution in [2.75, 3.05) is 5.32 Å². The molecule has 118 valence electrons. The van der Waals surface area contributed by atoms with E-state index in [1.807, 2.05) is 0 Å². The van der Waals surface area contributed by atoms with E-state index in [1.165, 1.54) is 11.0 Å². The van der Waals surface area contributed by atoms with Crippen molar-refractivity contribution < 1.29 is 4.79 Å². The monoisotopic (exact) mass is 350 g/mol. The van der Waals surface area contributed by atoms with E-state index in [4.69, 9.17) is 23.2 Å². The van der Waals surface area contributed by atoms with E-state index in [1.54, 1.807) is 42.2 Å². The predicted octanol–water partition coefficient (Wildman–Crippen LogP) is 2.62. The van der Waals surface area contributed by atoms with Gasteiger partial charge in [-0.15, -0.1) is 5.10 Å². The number of nitrogens with zero attached hydrogens (tertiary/aromatic N) is 5. The number of aromatic nitrogens is 5. The highest BCUT2D eigenvalue weighted by molar-refractivity contribution is 6.35. The highest BCUT2D eigenvalue weighted by Gasteiger charge is 2.13. The van der Waals surface area contributed by atoms with Crippen LogP contribution in [0.2, 0.25) is 10.0 Å². The van der Waals surface area contributed by atoms with E-state index < -0.39 is 0 Å². The third-order valence-corrected chi connectivity index (χ3v) is 3.91. The molecule has 2 aromatic heterocycles. The lowest BCUT2D eigenvalue weighted by molar-refractivity contribution is 0.101. The van der Waals surface area contributed by atoms with Gasteiger partial charge >= 0.3 is 0 Å². The first-order valence-electron chi connectivity index (χ1n) is 6.66. The minimum atomic E-state index is -0.335. The highest BCUT2D eigenvalue weighted by Crippen LogP contribution is 2.24. The number of rotatable bonds is 4. The zero-order valence-corrected chi connectivity index (χ0v) is 13.6. The van der Waals surface area contributed by atoms with Crippen LogP contribution >= 0.6 is 23.2 Å². The second-order valence-corrected chi connectivity index (χ2v) is 5.57. The molecule has 0 atom stereocenters. The molecule has 1 amide bonds. The van der Waals surface area contributed by atoms with Crippen molar-refractivity contribution in [2.24, 2.45) is 7.05 Å². The Morgan fingerprint density at radius 2 is 2.00 bits per heavy atom. The fraction of sp³-hybridized carbons (Fsp3) is 0.143. The summed E-state index contributed by atoms with van der Waals surface area (Å²) in [6, 6.07) is 6.89. The van der Waals surface area contributed by atoms with Crippen molar-refractivity contribution in [3.05, 3.63) is 58.1 Å². The van der Waals surface area contributed by atoms with Crippen LogP contribution in [0.1, 0.15) is 16.1 Å². The Balaban J connectivity index is 1.74. The lowest BCUT2D eigenvalue weighted by atomic mass is 10.2. The molecule has 1 N–H and O–H groups in total. The van der Waals surface area contributed by atoms with Crippen LogP contribution in [-0.4, -0.2) is 30.5 Å². The molecule has 0 spiro atoms. The van der Waals surface area contributed by atoms with Crippen LogP contribution in [0.3, 0.4) is 0 Å². The van der Waals surface area contributed by atoms with Gasteiger partial charge in [-0.2, -0.15) is 5.10 Å². The molecule has 0 saturated carbocycles. The Morgan fingerprint density at radius 1 is 1.26 bits per heavy atom. The Labute approximate surface area is 141 Å². The molecule has 1 aromatic carbocycles. The van der Waals surface area contributed by atoms with Crippen LogP contribution in [0.25, 0.3) is 0 Å². The van der Waals surface area contributed by atoms with Crippen LogP contribution in [0.4, 0.5) is 5.95 Å². The van der Waals surface area contributed by atoms with Gasteiger partial charge in [0, 0.05) is 28.9 Å². The van der Waals surface area contributed by atoms with Crippen LogP contribution in [0.5, 0.6) is 0 Å². The maximum absolute atomic E-state index is 12.1. The topological polar surface area (TPSA) is 77.6 Å². The van der Waals surface area contributed by atoms with Gasteiger partial charge in [0.05, 0.1) is 6.54 Å². The molecule has 0 radical (unpaired) electrons. The van der Waals surface area contributed by atoms with Gasteiger partial charge in [0.25, 0.3) is 5.91 Å². The van der Waals surface area contributed by atoms with Gasteiger partial charge in [0.15, 0.2) is 0 Å². The number of carbonyl (C=O) groups is 1. The second-order valence-electron chi connectivity index (χ2n) is 4.76. The molecule has 2 heterocycles. The SMILES string of the molecule is Cn1nccc1C(=O)Nc1ncn(Cc2c(Cl)cccc2Cl)n1. The van der Waals surface area contributed by atoms with E-state index in [-0.39, 0.29) is 11.9 Å². The molecule has 0 aliphatic carbocycles. The summed E-state index contributed by atoms with van der Waals surface area (Å²) in [5.74, 6) is -0.141. The summed E-state index contributed by atoms with van der Waals surface area (Å²) in [5, 5.41) is 11.8. The molecule has 23 heavy (non-hydrogen) atoms.